The van der Waals surface area contributed by atoms with Crippen LogP contribution < -0.4 is 10.9 Å². The molecule has 1 unspecified atom stereocenters. The number of rotatable bonds is 5. The molecule has 40 heavy (non-hydrogen) atoms. The Morgan fingerprint density at radius 2 is 1.38 bits per heavy atom. The molecule has 9 heteroatoms. The number of aliphatic imine (C=N–C) groups is 1. The van der Waals surface area contributed by atoms with Crippen molar-refractivity contribution < 1.29 is 4.79 Å². The molecule has 2 heterocycles. The van der Waals surface area contributed by atoms with Gasteiger partial charge >= 0.3 is 0 Å². The smallest absolute Gasteiger partial charge is 0.278 e. The van der Waals surface area contributed by atoms with Gasteiger partial charge in [-0.2, -0.15) is 10.2 Å². The number of halogens is 1. The van der Waals surface area contributed by atoms with E-state index in [1.54, 1.807) is 17.0 Å². The number of hydrogen-bond donors (Lipinski definition) is 2. The Balaban J connectivity index is 1.33. The Morgan fingerprint density at radius 3 is 2.12 bits per heavy atom. The third-order valence-corrected chi connectivity index (χ3v) is 7.98. The molecule has 1 aliphatic carbocycles. The first-order chi connectivity index (χ1) is 19.7. The molecule has 0 bridgehead atoms. The van der Waals surface area contributed by atoms with Gasteiger partial charge in [0.2, 0.25) is 0 Å². The summed E-state index contributed by atoms with van der Waals surface area (Å²) in [4.78, 5) is 20.7. The quantitative estimate of drug-likeness (QED) is 0.258. The molecule has 3 aliphatic rings. The summed E-state index contributed by atoms with van der Waals surface area (Å²) in [6, 6.07) is 34.6. The van der Waals surface area contributed by atoms with E-state index >= 15 is 0 Å². The first-order valence-electron chi connectivity index (χ1n) is 12.6. The summed E-state index contributed by atoms with van der Waals surface area (Å²) in [7, 11) is 0. The van der Waals surface area contributed by atoms with E-state index in [0.717, 1.165) is 45.0 Å². The van der Waals surface area contributed by atoms with Crippen molar-refractivity contribution in [3.63, 3.8) is 0 Å². The number of carbonyl (C=O) groups excluding carboxylic acids is 1. The summed E-state index contributed by atoms with van der Waals surface area (Å²) in [5.74, 6) is -0.225. The highest BCUT2D eigenvalue weighted by Gasteiger charge is 2.48. The van der Waals surface area contributed by atoms with E-state index in [1.165, 1.54) is 11.8 Å². The van der Waals surface area contributed by atoms with Gasteiger partial charge in [-0.1, -0.05) is 84.4 Å². The number of nitrogens with zero attached hydrogens (tertiary/aromatic N) is 4. The van der Waals surface area contributed by atoms with Crippen LogP contribution in [0, 0.1) is 0 Å². The highest BCUT2D eigenvalue weighted by Crippen LogP contribution is 2.49. The number of nitrogens with one attached hydrogen (secondary N) is 2. The molecular weight excluding hydrogens is 540 g/mol. The van der Waals surface area contributed by atoms with E-state index in [1.807, 2.05) is 91.0 Å². The fraction of sp³-hybridized carbons (Fsp3) is 0.0323. The van der Waals surface area contributed by atoms with E-state index in [9.17, 15) is 4.79 Å². The first-order valence-corrected chi connectivity index (χ1v) is 13.8. The lowest BCUT2D eigenvalue weighted by Crippen LogP contribution is -2.39. The standard InChI is InChI=1S/C31H21ClN6OS/c32-20-15-17-22(18-16-20)35-37-29-30(39)38-28(19-9-3-1-4-10-19)25-26(33-31(38)40-29)23-13-7-8-14-24(23)27(25)36-34-21-11-5-2-6-12-21/h1-18,28,34-35H/b36-27+,37-29+. The number of hydrogen-bond acceptors (Lipinski definition) is 7. The van der Waals surface area contributed by atoms with E-state index < -0.39 is 6.04 Å². The van der Waals surface area contributed by atoms with Crippen LogP contribution in [0.15, 0.2) is 130 Å². The maximum Gasteiger partial charge on any atom is 0.288 e. The maximum absolute atomic E-state index is 13.9. The second-order valence-corrected chi connectivity index (χ2v) is 10.7. The zero-order valence-electron chi connectivity index (χ0n) is 21.0. The third-order valence-electron chi connectivity index (χ3n) is 6.80. The van der Waals surface area contributed by atoms with Crippen molar-refractivity contribution in [3.05, 3.63) is 136 Å². The molecule has 2 N–H and O–H groups in total. The van der Waals surface area contributed by atoms with Crippen molar-refractivity contribution in [1.29, 1.82) is 0 Å². The number of hydrazone groups is 2. The lowest BCUT2D eigenvalue weighted by molar-refractivity contribution is -0.121. The fourth-order valence-electron chi connectivity index (χ4n) is 4.99. The average molecular weight is 561 g/mol. The van der Waals surface area contributed by atoms with Crippen molar-refractivity contribution in [1.82, 2.24) is 4.90 Å². The predicted octanol–water partition coefficient (Wildman–Crippen LogP) is 6.99. The molecule has 1 atom stereocenters. The Kier molecular flexibility index (Phi) is 6.18. The highest BCUT2D eigenvalue weighted by atomic mass is 35.5. The number of anilines is 2. The second-order valence-electron chi connectivity index (χ2n) is 9.27. The molecule has 1 fully saturated rings. The summed E-state index contributed by atoms with van der Waals surface area (Å²) in [6.45, 7) is 0. The summed E-state index contributed by atoms with van der Waals surface area (Å²) >= 11 is 7.26. The molecule has 2 aliphatic heterocycles. The second kappa shape index (κ2) is 10.1. The van der Waals surface area contributed by atoms with Gasteiger partial charge in [0, 0.05) is 21.7 Å². The zero-order chi connectivity index (χ0) is 27.1. The van der Waals surface area contributed by atoms with Gasteiger partial charge in [0.15, 0.2) is 10.2 Å². The van der Waals surface area contributed by atoms with Crippen molar-refractivity contribution in [2.24, 2.45) is 15.2 Å². The Morgan fingerprint density at radius 1 is 0.750 bits per heavy atom. The zero-order valence-corrected chi connectivity index (χ0v) is 22.5. The summed E-state index contributed by atoms with van der Waals surface area (Å²) in [5.41, 5.74) is 13.2. The minimum atomic E-state index is -0.435. The summed E-state index contributed by atoms with van der Waals surface area (Å²) < 4.78 is 0. The molecule has 194 valence electrons. The molecule has 7 rings (SSSR count). The number of amidine groups is 1. The van der Waals surface area contributed by atoms with Crippen LogP contribution in [0.2, 0.25) is 5.02 Å². The SMILES string of the molecule is O=C1/C(=N\Nc2ccc(Cl)cc2)SC2=NC3=C(/C(=N/Nc4ccccc4)c4ccccc43)C(c3ccccc3)N12. The van der Waals surface area contributed by atoms with E-state index in [-0.39, 0.29) is 5.91 Å². The summed E-state index contributed by atoms with van der Waals surface area (Å²) in [6.07, 6.45) is 0. The number of amides is 1. The van der Waals surface area contributed by atoms with E-state index in [2.05, 4.69) is 22.0 Å². The predicted molar refractivity (Wildman–Crippen MR) is 164 cm³/mol. The fourth-order valence-corrected chi connectivity index (χ4v) is 5.99. The molecule has 1 saturated heterocycles. The molecule has 0 aromatic heterocycles. The molecule has 4 aromatic rings. The third kappa shape index (κ3) is 4.27. The van der Waals surface area contributed by atoms with Gasteiger partial charge in [-0.15, -0.1) is 0 Å². The highest BCUT2D eigenvalue weighted by molar-refractivity contribution is 8.29. The van der Waals surface area contributed by atoms with Gasteiger partial charge in [0.25, 0.3) is 5.91 Å². The first kappa shape index (κ1) is 24.4. The van der Waals surface area contributed by atoms with E-state index in [4.69, 9.17) is 21.7 Å². The molecule has 1 amide bonds. The monoisotopic (exact) mass is 560 g/mol. The Hall–Kier alpha value is -4.66. The lowest BCUT2D eigenvalue weighted by atomic mass is 9.93. The molecule has 4 aromatic carbocycles. The van der Waals surface area contributed by atoms with Crippen molar-refractivity contribution in [3.8, 4) is 0 Å². The molecular formula is C31H21ClN6OS. The lowest BCUT2D eigenvalue weighted by Gasteiger charge is -2.32. The van der Waals surface area contributed by atoms with Gasteiger partial charge in [-0.25, -0.2) is 4.99 Å². The molecule has 0 spiro atoms. The van der Waals surface area contributed by atoms with Crippen LogP contribution in [0.25, 0.3) is 5.70 Å². The topological polar surface area (TPSA) is 81.5 Å². The number of fused-ring (bicyclic) bond motifs is 3. The normalized spacial score (nSPS) is 19.4. The number of benzene rings is 4. The van der Waals surface area contributed by atoms with Crippen LogP contribution in [-0.4, -0.2) is 26.7 Å². The van der Waals surface area contributed by atoms with Crippen molar-refractivity contribution in [2.75, 3.05) is 10.9 Å². The minimum absolute atomic E-state index is 0.225. The van der Waals surface area contributed by atoms with Crippen LogP contribution in [0.5, 0.6) is 0 Å². The minimum Gasteiger partial charge on any atom is -0.278 e. The average Bonchev–Trinajstić information content (AvgIpc) is 3.49. The molecule has 7 nitrogen and oxygen atoms in total. The van der Waals surface area contributed by atoms with E-state index in [0.29, 0.717) is 15.2 Å². The van der Waals surface area contributed by atoms with Crippen LogP contribution in [0.3, 0.4) is 0 Å². The number of carbonyl (C=O) groups is 1. The van der Waals surface area contributed by atoms with Crippen LogP contribution >= 0.6 is 23.4 Å². The van der Waals surface area contributed by atoms with Gasteiger partial charge in [-0.3, -0.25) is 20.5 Å². The summed E-state index contributed by atoms with van der Waals surface area (Å²) in [5, 5.41) is 10.8. The van der Waals surface area contributed by atoms with Crippen LogP contribution in [0.4, 0.5) is 11.4 Å². The molecule has 0 radical (unpaired) electrons. The Bertz CT molecular complexity index is 1750. The molecule has 0 saturated carbocycles. The largest absolute Gasteiger partial charge is 0.288 e. The Labute approximate surface area is 240 Å². The van der Waals surface area contributed by atoms with Gasteiger partial charge in [0.1, 0.15) is 0 Å². The van der Waals surface area contributed by atoms with Crippen molar-refractivity contribution >= 4 is 62.3 Å². The number of para-hydroxylation sites is 1. The van der Waals surface area contributed by atoms with Gasteiger partial charge in [-0.05, 0) is 53.7 Å². The number of thioether (sulfide) groups is 1. The maximum atomic E-state index is 13.9. The van der Waals surface area contributed by atoms with Crippen LogP contribution in [0.1, 0.15) is 22.7 Å². The van der Waals surface area contributed by atoms with Gasteiger partial charge < -0.3 is 0 Å². The van der Waals surface area contributed by atoms with Crippen molar-refractivity contribution in [2.45, 2.75) is 6.04 Å². The van der Waals surface area contributed by atoms with Gasteiger partial charge in [0.05, 0.1) is 28.8 Å². The van der Waals surface area contributed by atoms with Crippen LogP contribution in [-0.2, 0) is 4.79 Å².